The minimum atomic E-state index is 0.665. The maximum Gasteiger partial charge on any atom is 0.569 e. The van der Waals surface area contributed by atoms with Crippen molar-refractivity contribution in [3.05, 3.63) is 368 Å². The van der Waals surface area contributed by atoms with Crippen molar-refractivity contribution in [2.75, 3.05) is 0 Å². The molecule has 1 radical (unpaired) electrons. The van der Waals surface area contributed by atoms with Crippen molar-refractivity contribution in [3.63, 3.8) is 0 Å². The number of hydrogen-bond acceptors (Lipinski definition) is 4. The molecule has 6 heteroatoms. The monoisotopic (exact) mass is 1370 g/mol. The molecular weight excluding hydrogens is 1310 g/mol. The lowest BCUT2D eigenvalue weighted by Crippen LogP contribution is -2.02. The van der Waals surface area contributed by atoms with Gasteiger partial charge in [-0.05, 0) is 169 Å². The van der Waals surface area contributed by atoms with Crippen LogP contribution in [0.5, 0.6) is 5.75 Å². The molecule has 2 aromatic heterocycles. The number of rotatable bonds is 9. The summed E-state index contributed by atoms with van der Waals surface area (Å²) in [5, 5.41) is 28.1. The molecule has 102 heavy (non-hydrogen) atoms. The molecule has 0 amide bonds. The Hall–Kier alpha value is -12.6. The van der Waals surface area contributed by atoms with E-state index in [2.05, 4.69) is 313 Å². The summed E-state index contributed by atoms with van der Waals surface area (Å²) in [5.41, 5.74) is 20.4. The Morgan fingerprint density at radius 2 is 0.539 bits per heavy atom. The van der Waals surface area contributed by atoms with E-state index in [9.17, 15) is 5.02 Å². The van der Waals surface area contributed by atoms with Crippen LogP contribution in [0.15, 0.2) is 377 Å². The highest BCUT2D eigenvalue weighted by Crippen LogP contribution is 2.47. The number of hydrogen-bond donors (Lipinski definition) is 1. The van der Waals surface area contributed by atoms with Crippen LogP contribution in [0.25, 0.3) is 186 Å². The van der Waals surface area contributed by atoms with Crippen molar-refractivity contribution in [2.24, 2.45) is 0 Å². The summed E-state index contributed by atoms with van der Waals surface area (Å²) in [5.74, 6) is 0.665. The van der Waals surface area contributed by atoms with E-state index in [1.165, 1.54) is 98.4 Å². The Kier molecular flexibility index (Phi) is 16.1. The Labute approximate surface area is 598 Å². The molecule has 1 N–H and O–H groups in total. The second-order valence-electron chi connectivity index (χ2n) is 25.8. The number of para-hydroxylation sites is 4. The van der Waals surface area contributed by atoms with Gasteiger partial charge in [0.15, 0.2) is 0 Å². The second-order valence-corrected chi connectivity index (χ2v) is 26.7. The molecule has 20 rings (SSSR count). The van der Waals surface area contributed by atoms with E-state index in [4.69, 9.17) is 13.5 Å². The van der Waals surface area contributed by atoms with Crippen LogP contribution in [0.2, 0.25) is 0 Å². The standard InChI is InChI=1S/C48H30O.C30H20BO2.C18H11BrO/c1-2-12-34-29-36(28-23-31(34)11-1)35-13-9-14-37(30-35)47-42-18-5-3-16-40(42)46(41-17-4-6-19-43(41)47)33-26-24-32(25-27-33)38-20-10-21-44-39-15-7-8-22-45(39)49-48(38)44;32-31-33-30-27-14-5-3-12-25(27)29(26-13-4-6-15-28(26)30)24-11-7-10-22(19-24)23-17-16-20-8-1-2-9-21(20)18-23;19-13-10-8-12(9-11-13)14-5-3-6-16-15-4-1-2-7-17(15)20-18(14)16/h1-30H;1-19,32H;1-11H. The van der Waals surface area contributed by atoms with Crippen LogP contribution in [-0.2, 0) is 0 Å². The van der Waals surface area contributed by atoms with Crippen molar-refractivity contribution in [2.45, 2.75) is 0 Å². The summed E-state index contributed by atoms with van der Waals surface area (Å²) >= 11 is 3.47. The van der Waals surface area contributed by atoms with Crippen molar-refractivity contribution in [1.29, 1.82) is 0 Å². The fourth-order valence-electron chi connectivity index (χ4n) is 15.2. The molecule has 0 saturated carbocycles. The average molecular weight is 1370 g/mol. The fourth-order valence-corrected chi connectivity index (χ4v) is 15.4. The molecule has 0 aliphatic heterocycles. The molecule has 18 aromatic carbocycles. The molecular formula is C96H61BBrO4. The van der Waals surface area contributed by atoms with Gasteiger partial charge in [-0.15, -0.1) is 0 Å². The number of furan rings is 2. The van der Waals surface area contributed by atoms with Crippen LogP contribution < -0.4 is 4.65 Å². The fraction of sp³-hybridized carbons (Fsp3) is 0. The first-order chi connectivity index (χ1) is 50.5. The normalized spacial score (nSPS) is 11.4. The maximum atomic E-state index is 9.42. The van der Waals surface area contributed by atoms with Crippen molar-refractivity contribution >= 4 is 132 Å². The Balaban J connectivity index is 0.000000121. The van der Waals surface area contributed by atoms with Crippen LogP contribution in [0.4, 0.5) is 0 Å². The van der Waals surface area contributed by atoms with Gasteiger partial charge in [-0.1, -0.05) is 331 Å². The van der Waals surface area contributed by atoms with Gasteiger partial charge < -0.3 is 18.5 Å². The summed E-state index contributed by atoms with van der Waals surface area (Å²) in [6.07, 6.45) is 0. The number of halogens is 1. The SMILES string of the molecule is Brc1ccc(-c2cccc3c2oc2ccccc23)cc1.O[B]Oc1c2ccccc2c(-c2cccc(-c3ccc4ccccc4c3)c2)c2ccccc12.c1cc(-c2ccc3ccccc3c2)cc(-c2c3ccccc3c(-c3ccc(-c4cccc5c4oc4ccccc45)cc3)c3ccccc23)c1. The molecule has 0 aliphatic carbocycles. The Morgan fingerprint density at radius 3 is 0.971 bits per heavy atom. The zero-order valence-electron chi connectivity index (χ0n) is 55.3. The lowest BCUT2D eigenvalue weighted by Gasteiger charge is -2.18. The summed E-state index contributed by atoms with van der Waals surface area (Å²) in [4.78, 5) is 0. The van der Waals surface area contributed by atoms with E-state index >= 15 is 0 Å². The highest BCUT2D eigenvalue weighted by molar-refractivity contribution is 9.10. The molecule has 0 atom stereocenters. The Bertz CT molecular complexity index is 6490. The summed E-state index contributed by atoms with van der Waals surface area (Å²) in [6, 6.07) is 129. The topological polar surface area (TPSA) is 55.7 Å². The zero-order valence-corrected chi connectivity index (χ0v) is 56.9. The smallest absolute Gasteiger partial charge is 0.537 e. The molecule has 479 valence electrons. The highest BCUT2D eigenvalue weighted by Gasteiger charge is 2.21. The van der Waals surface area contributed by atoms with Gasteiger partial charge in [0.05, 0.1) is 0 Å². The lowest BCUT2D eigenvalue weighted by atomic mass is 9.85. The third-order valence-electron chi connectivity index (χ3n) is 19.9. The quantitative estimate of drug-likeness (QED) is 0.116. The molecule has 0 bridgehead atoms. The van der Waals surface area contributed by atoms with Gasteiger partial charge in [-0.25, -0.2) is 0 Å². The van der Waals surface area contributed by atoms with E-state index in [1.54, 1.807) is 0 Å². The highest BCUT2D eigenvalue weighted by atomic mass is 79.9. The zero-order chi connectivity index (χ0) is 68.0. The van der Waals surface area contributed by atoms with Gasteiger partial charge in [-0.2, -0.15) is 0 Å². The van der Waals surface area contributed by atoms with Gasteiger partial charge in [0.1, 0.15) is 28.1 Å². The molecule has 0 unspecified atom stereocenters. The number of benzene rings is 18. The van der Waals surface area contributed by atoms with E-state index in [-0.39, 0.29) is 0 Å². The molecule has 0 spiro atoms. The van der Waals surface area contributed by atoms with Crippen LogP contribution >= 0.6 is 15.9 Å². The first-order valence-corrected chi connectivity index (χ1v) is 35.1. The molecule has 2 heterocycles. The first-order valence-electron chi connectivity index (χ1n) is 34.3. The predicted octanol–water partition coefficient (Wildman–Crippen LogP) is 27.1. The van der Waals surface area contributed by atoms with Crippen molar-refractivity contribution in [3.8, 4) is 83.6 Å². The molecule has 20 aromatic rings. The van der Waals surface area contributed by atoms with Crippen molar-refractivity contribution in [1.82, 2.24) is 0 Å². The molecule has 0 aliphatic rings. The Morgan fingerprint density at radius 1 is 0.235 bits per heavy atom. The van der Waals surface area contributed by atoms with Crippen LogP contribution in [0, 0.1) is 0 Å². The number of fused-ring (bicyclic) bond motifs is 12. The third kappa shape index (κ3) is 11.3. The lowest BCUT2D eigenvalue weighted by molar-refractivity contribution is 0.459. The van der Waals surface area contributed by atoms with Gasteiger partial charge in [0.25, 0.3) is 0 Å². The predicted molar refractivity (Wildman–Crippen MR) is 433 cm³/mol. The average Bonchev–Trinajstić information content (AvgIpc) is 1.04. The van der Waals surface area contributed by atoms with Gasteiger partial charge in [0, 0.05) is 47.9 Å². The minimum absolute atomic E-state index is 0.665. The van der Waals surface area contributed by atoms with Crippen LogP contribution in [0.3, 0.4) is 0 Å². The van der Waals surface area contributed by atoms with Crippen LogP contribution in [-0.4, -0.2) is 12.7 Å². The molecule has 0 saturated heterocycles. The van der Waals surface area contributed by atoms with E-state index < -0.39 is 0 Å². The second kappa shape index (κ2) is 26.6. The van der Waals surface area contributed by atoms with E-state index in [0.29, 0.717) is 5.75 Å². The minimum Gasteiger partial charge on any atom is -0.537 e. The largest absolute Gasteiger partial charge is 0.569 e. The van der Waals surface area contributed by atoms with E-state index in [0.717, 1.165) is 100 Å². The maximum absolute atomic E-state index is 9.42. The summed E-state index contributed by atoms with van der Waals surface area (Å²) in [7, 11) is 0.758. The molecule has 4 nitrogen and oxygen atoms in total. The van der Waals surface area contributed by atoms with Crippen LogP contribution in [0.1, 0.15) is 0 Å². The van der Waals surface area contributed by atoms with E-state index in [1.807, 2.05) is 66.7 Å². The van der Waals surface area contributed by atoms with Gasteiger partial charge in [0.2, 0.25) is 0 Å². The van der Waals surface area contributed by atoms with Gasteiger partial charge in [-0.3, -0.25) is 0 Å². The third-order valence-corrected chi connectivity index (χ3v) is 20.4. The van der Waals surface area contributed by atoms with Gasteiger partial charge >= 0.3 is 7.69 Å². The summed E-state index contributed by atoms with van der Waals surface area (Å²) < 4.78 is 19.1. The van der Waals surface area contributed by atoms with Crippen molar-refractivity contribution < 1.29 is 18.5 Å². The molecule has 0 fully saturated rings. The summed E-state index contributed by atoms with van der Waals surface area (Å²) in [6.45, 7) is 0. The first kappa shape index (κ1) is 61.7.